The zero-order chi connectivity index (χ0) is 13.0. The zero-order valence-electron chi connectivity index (χ0n) is 11.9. The molecule has 2 aliphatic rings. The van der Waals surface area contributed by atoms with Gasteiger partial charge in [0.1, 0.15) is 0 Å². The number of urea groups is 1. The lowest BCUT2D eigenvalue weighted by Crippen LogP contribution is -2.48. The molecule has 0 unspecified atom stereocenters. The van der Waals surface area contributed by atoms with E-state index in [0.717, 1.165) is 45.6 Å². The normalized spacial score (nSPS) is 24.9. The van der Waals surface area contributed by atoms with Crippen molar-refractivity contribution in [2.45, 2.75) is 39.0 Å². The van der Waals surface area contributed by atoms with Crippen LogP contribution in [-0.4, -0.2) is 55.6 Å². The smallest absolute Gasteiger partial charge is 0.317 e. The summed E-state index contributed by atoms with van der Waals surface area (Å²) in [6.45, 7) is 7.30. The molecule has 1 N–H and O–H groups in total. The van der Waals surface area contributed by atoms with Crippen LogP contribution in [-0.2, 0) is 0 Å². The van der Waals surface area contributed by atoms with Crippen LogP contribution in [0.5, 0.6) is 0 Å². The second-order valence-corrected chi connectivity index (χ2v) is 6.32. The van der Waals surface area contributed by atoms with Gasteiger partial charge in [-0.15, -0.1) is 0 Å². The van der Waals surface area contributed by atoms with Gasteiger partial charge in [0.25, 0.3) is 0 Å². The van der Waals surface area contributed by atoms with Crippen LogP contribution < -0.4 is 5.32 Å². The van der Waals surface area contributed by atoms with Crippen molar-refractivity contribution in [3.8, 4) is 0 Å². The summed E-state index contributed by atoms with van der Waals surface area (Å²) in [5.74, 6) is 0. The molecule has 0 atom stereocenters. The van der Waals surface area contributed by atoms with Crippen LogP contribution in [0.1, 0.15) is 39.0 Å². The van der Waals surface area contributed by atoms with Crippen molar-refractivity contribution in [3.05, 3.63) is 0 Å². The number of amides is 2. The van der Waals surface area contributed by atoms with E-state index in [4.69, 9.17) is 0 Å². The molecular weight excluding hydrogens is 226 g/mol. The average molecular weight is 253 g/mol. The Morgan fingerprint density at radius 1 is 1.11 bits per heavy atom. The van der Waals surface area contributed by atoms with Crippen LogP contribution in [0.2, 0.25) is 0 Å². The molecule has 2 saturated heterocycles. The van der Waals surface area contributed by atoms with Gasteiger partial charge in [-0.3, -0.25) is 0 Å². The summed E-state index contributed by atoms with van der Waals surface area (Å²) in [6.07, 6.45) is 5.96. The summed E-state index contributed by atoms with van der Waals surface area (Å²) in [5.41, 5.74) is 0.290. The van der Waals surface area contributed by atoms with Crippen molar-refractivity contribution in [3.63, 3.8) is 0 Å². The van der Waals surface area contributed by atoms with Crippen LogP contribution in [0.25, 0.3) is 0 Å². The van der Waals surface area contributed by atoms with E-state index in [-0.39, 0.29) is 11.4 Å². The molecule has 0 radical (unpaired) electrons. The molecule has 2 rings (SSSR count). The van der Waals surface area contributed by atoms with Crippen molar-refractivity contribution >= 4 is 6.03 Å². The lowest BCUT2D eigenvalue weighted by Gasteiger charge is -2.38. The Morgan fingerprint density at radius 3 is 2.33 bits per heavy atom. The highest BCUT2D eigenvalue weighted by molar-refractivity contribution is 5.74. The molecule has 0 saturated carbocycles. The highest BCUT2D eigenvalue weighted by atomic mass is 16.2. The van der Waals surface area contributed by atoms with Gasteiger partial charge in [0, 0.05) is 19.6 Å². The van der Waals surface area contributed by atoms with E-state index < -0.39 is 0 Å². The third-order valence-electron chi connectivity index (χ3n) is 4.50. The summed E-state index contributed by atoms with van der Waals surface area (Å²) < 4.78 is 0. The van der Waals surface area contributed by atoms with Gasteiger partial charge in [-0.05, 0) is 57.7 Å². The predicted octanol–water partition coefficient (Wildman–Crippen LogP) is 1.91. The minimum Gasteiger partial charge on any atom is -0.337 e. The number of carbonyl (C=O) groups excluding carboxylic acids is 1. The van der Waals surface area contributed by atoms with E-state index in [1.165, 1.54) is 19.3 Å². The SMILES string of the molecule is CN1CCC(C)(CNC(=O)N2CCCCC2)CC1. The monoisotopic (exact) mass is 253 g/mol. The van der Waals surface area contributed by atoms with E-state index in [1.807, 2.05) is 4.90 Å². The molecule has 0 aromatic heterocycles. The molecule has 0 aromatic rings. The summed E-state index contributed by atoms with van der Waals surface area (Å²) in [7, 11) is 2.17. The van der Waals surface area contributed by atoms with Crippen molar-refractivity contribution in [1.29, 1.82) is 0 Å². The van der Waals surface area contributed by atoms with E-state index in [9.17, 15) is 4.79 Å². The first-order valence-corrected chi connectivity index (χ1v) is 7.30. The van der Waals surface area contributed by atoms with Gasteiger partial charge in [-0.2, -0.15) is 0 Å². The summed E-state index contributed by atoms with van der Waals surface area (Å²) >= 11 is 0. The number of piperidine rings is 2. The molecule has 18 heavy (non-hydrogen) atoms. The Kier molecular flexibility index (Phi) is 4.49. The first-order valence-electron chi connectivity index (χ1n) is 7.30. The van der Waals surface area contributed by atoms with Gasteiger partial charge in [-0.25, -0.2) is 4.79 Å². The average Bonchev–Trinajstić information content (AvgIpc) is 2.41. The molecule has 2 heterocycles. The Labute approximate surface area is 111 Å². The number of nitrogens with zero attached hydrogens (tertiary/aromatic N) is 2. The fraction of sp³-hybridized carbons (Fsp3) is 0.929. The van der Waals surface area contributed by atoms with Gasteiger partial charge in [0.05, 0.1) is 0 Å². The third-order valence-corrected chi connectivity index (χ3v) is 4.50. The quantitative estimate of drug-likeness (QED) is 0.816. The Balaban J connectivity index is 1.74. The molecule has 4 heteroatoms. The second kappa shape index (κ2) is 5.91. The number of carbonyl (C=O) groups is 1. The molecule has 2 fully saturated rings. The molecule has 0 bridgehead atoms. The van der Waals surface area contributed by atoms with Gasteiger partial charge in [-0.1, -0.05) is 6.92 Å². The van der Waals surface area contributed by atoms with Gasteiger partial charge >= 0.3 is 6.03 Å². The highest BCUT2D eigenvalue weighted by Gasteiger charge is 2.29. The van der Waals surface area contributed by atoms with Crippen molar-refractivity contribution in [2.24, 2.45) is 5.41 Å². The van der Waals surface area contributed by atoms with Crippen LogP contribution in [0.4, 0.5) is 4.79 Å². The maximum Gasteiger partial charge on any atom is 0.317 e. The highest BCUT2D eigenvalue weighted by Crippen LogP contribution is 2.29. The number of rotatable bonds is 2. The van der Waals surface area contributed by atoms with Crippen LogP contribution >= 0.6 is 0 Å². The molecule has 0 aromatic carbocycles. The molecular formula is C14H27N3O. The van der Waals surface area contributed by atoms with E-state index in [2.05, 4.69) is 24.2 Å². The largest absolute Gasteiger partial charge is 0.337 e. The standard InChI is InChI=1S/C14H27N3O/c1-14(6-10-16(2)11-7-14)12-15-13(18)17-8-4-3-5-9-17/h3-12H2,1-2H3,(H,15,18). The van der Waals surface area contributed by atoms with E-state index >= 15 is 0 Å². The van der Waals surface area contributed by atoms with Crippen LogP contribution in [0.3, 0.4) is 0 Å². The lowest BCUT2D eigenvalue weighted by molar-refractivity contribution is 0.131. The Bertz CT molecular complexity index is 279. The molecule has 2 aliphatic heterocycles. The topological polar surface area (TPSA) is 35.6 Å². The molecule has 0 aliphatic carbocycles. The number of likely N-dealkylation sites (tertiary alicyclic amines) is 2. The zero-order valence-corrected chi connectivity index (χ0v) is 11.9. The maximum atomic E-state index is 12.1. The summed E-state index contributed by atoms with van der Waals surface area (Å²) in [5, 5.41) is 3.15. The first kappa shape index (κ1) is 13.7. The van der Waals surface area contributed by atoms with Crippen molar-refractivity contribution < 1.29 is 4.79 Å². The second-order valence-electron chi connectivity index (χ2n) is 6.32. The van der Waals surface area contributed by atoms with E-state index in [0.29, 0.717) is 0 Å². The van der Waals surface area contributed by atoms with Crippen LogP contribution in [0, 0.1) is 5.41 Å². The number of hydrogen-bond donors (Lipinski definition) is 1. The molecule has 0 spiro atoms. The lowest BCUT2D eigenvalue weighted by atomic mass is 9.80. The Morgan fingerprint density at radius 2 is 1.72 bits per heavy atom. The minimum atomic E-state index is 0.148. The molecule has 4 nitrogen and oxygen atoms in total. The number of hydrogen-bond acceptors (Lipinski definition) is 2. The van der Waals surface area contributed by atoms with Gasteiger partial charge in [0.2, 0.25) is 0 Å². The minimum absolute atomic E-state index is 0.148. The summed E-state index contributed by atoms with van der Waals surface area (Å²) in [4.78, 5) is 16.4. The molecule has 104 valence electrons. The van der Waals surface area contributed by atoms with E-state index in [1.54, 1.807) is 0 Å². The molecule has 2 amide bonds. The fourth-order valence-corrected chi connectivity index (χ4v) is 2.83. The van der Waals surface area contributed by atoms with Gasteiger partial charge in [0.15, 0.2) is 0 Å². The fourth-order valence-electron chi connectivity index (χ4n) is 2.83. The maximum absolute atomic E-state index is 12.1. The first-order chi connectivity index (χ1) is 8.59. The third kappa shape index (κ3) is 3.61. The van der Waals surface area contributed by atoms with Crippen molar-refractivity contribution in [2.75, 3.05) is 39.8 Å². The predicted molar refractivity (Wildman–Crippen MR) is 73.7 cm³/mol. The Hall–Kier alpha value is -0.770. The van der Waals surface area contributed by atoms with Gasteiger partial charge < -0.3 is 15.1 Å². The van der Waals surface area contributed by atoms with Crippen LogP contribution in [0.15, 0.2) is 0 Å². The number of nitrogens with one attached hydrogen (secondary N) is 1. The summed E-state index contributed by atoms with van der Waals surface area (Å²) in [6, 6.07) is 0.148. The van der Waals surface area contributed by atoms with Crippen molar-refractivity contribution in [1.82, 2.24) is 15.1 Å².